The molecule has 1 saturated heterocycles. The van der Waals surface area contributed by atoms with Crippen LogP contribution in [-0.2, 0) is 16.0 Å². The van der Waals surface area contributed by atoms with E-state index in [1.54, 1.807) is 54.5 Å². The molecule has 1 fully saturated rings. The fourth-order valence-corrected chi connectivity index (χ4v) is 5.08. The summed E-state index contributed by atoms with van der Waals surface area (Å²) in [6.07, 6.45) is 2.52. The maximum atomic E-state index is 13.0. The first kappa shape index (κ1) is 27.2. The van der Waals surface area contributed by atoms with Crippen molar-refractivity contribution < 1.29 is 23.8 Å². The normalized spacial score (nSPS) is 14.1. The van der Waals surface area contributed by atoms with E-state index < -0.39 is 0 Å². The van der Waals surface area contributed by atoms with E-state index >= 15 is 0 Å². The lowest BCUT2D eigenvalue weighted by atomic mass is 10.1. The summed E-state index contributed by atoms with van der Waals surface area (Å²) < 4.78 is 17.2. The molecule has 4 rings (SSSR count). The number of hydrogen-bond donors (Lipinski definition) is 1. The van der Waals surface area contributed by atoms with Crippen LogP contribution in [0.15, 0.2) is 77.7 Å². The summed E-state index contributed by atoms with van der Waals surface area (Å²) in [6.45, 7) is 2.61. The lowest BCUT2D eigenvalue weighted by Gasteiger charge is -2.14. The van der Waals surface area contributed by atoms with E-state index in [0.29, 0.717) is 45.3 Å². The van der Waals surface area contributed by atoms with E-state index in [1.165, 1.54) is 11.8 Å². The van der Waals surface area contributed by atoms with Crippen LogP contribution in [0.25, 0.3) is 6.08 Å². The van der Waals surface area contributed by atoms with Crippen LogP contribution >= 0.6 is 24.0 Å². The molecule has 0 saturated carbocycles. The van der Waals surface area contributed by atoms with Crippen LogP contribution in [0.5, 0.6) is 17.2 Å². The molecule has 38 heavy (non-hydrogen) atoms. The lowest BCUT2D eigenvalue weighted by molar-refractivity contribution is -0.122. The largest absolute Gasteiger partial charge is 0.497 e. The first-order valence-corrected chi connectivity index (χ1v) is 13.3. The van der Waals surface area contributed by atoms with Crippen molar-refractivity contribution in [1.82, 2.24) is 4.90 Å². The Hall–Kier alpha value is -3.82. The third kappa shape index (κ3) is 7.14. The van der Waals surface area contributed by atoms with E-state index in [9.17, 15) is 9.59 Å². The van der Waals surface area contributed by atoms with E-state index in [-0.39, 0.29) is 18.4 Å². The number of benzene rings is 3. The number of thiocarbonyl (C=S) groups is 1. The van der Waals surface area contributed by atoms with Crippen molar-refractivity contribution in [1.29, 1.82) is 0 Å². The van der Waals surface area contributed by atoms with Crippen LogP contribution < -0.4 is 19.5 Å². The van der Waals surface area contributed by atoms with Crippen LogP contribution in [0.4, 0.5) is 5.69 Å². The topological polar surface area (TPSA) is 77.1 Å². The number of rotatable bonds is 11. The van der Waals surface area contributed by atoms with Crippen molar-refractivity contribution in [3.63, 3.8) is 0 Å². The van der Waals surface area contributed by atoms with E-state index in [0.717, 1.165) is 17.5 Å². The number of carbonyl (C=O) groups is 2. The van der Waals surface area contributed by atoms with Gasteiger partial charge in [0, 0.05) is 18.3 Å². The van der Waals surface area contributed by atoms with Gasteiger partial charge in [0.1, 0.15) is 10.1 Å². The predicted molar refractivity (Wildman–Crippen MR) is 155 cm³/mol. The second-order valence-corrected chi connectivity index (χ2v) is 9.95. The van der Waals surface area contributed by atoms with Crippen molar-refractivity contribution in [2.75, 3.05) is 32.2 Å². The molecule has 0 bridgehead atoms. The summed E-state index contributed by atoms with van der Waals surface area (Å²) in [6, 6.07) is 22.4. The molecule has 1 N–H and O–H groups in total. The van der Waals surface area contributed by atoms with Crippen molar-refractivity contribution in [2.45, 2.75) is 13.3 Å². The van der Waals surface area contributed by atoms with Crippen molar-refractivity contribution >= 4 is 51.9 Å². The molecule has 0 unspecified atom stereocenters. The zero-order valence-electron chi connectivity index (χ0n) is 21.1. The molecule has 1 aliphatic heterocycles. The van der Waals surface area contributed by atoms with Gasteiger partial charge in [0.15, 0.2) is 18.1 Å². The standard InChI is InChI=1S/C29H28N2O5S2/c1-3-35-25-16-21(12-13-24(25)36-19-27(32)30-22-10-7-11-23(18-22)34-2)17-26-28(33)31(29(37)38-26)15-14-20-8-5-4-6-9-20/h4-13,16-18H,3,14-15,19H2,1-2H3,(H,30,32)/b26-17-. The molecule has 3 aromatic rings. The van der Waals surface area contributed by atoms with Gasteiger partial charge in [-0.3, -0.25) is 14.5 Å². The summed E-state index contributed by atoms with van der Waals surface area (Å²) in [5.74, 6) is 1.13. The molecule has 0 aliphatic carbocycles. The monoisotopic (exact) mass is 548 g/mol. The minimum absolute atomic E-state index is 0.108. The quantitative estimate of drug-likeness (QED) is 0.249. The fraction of sp³-hybridized carbons (Fsp3) is 0.207. The molecule has 9 heteroatoms. The van der Waals surface area contributed by atoms with Crippen LogP contribution in [0.1, 0.15) is 18.1 Å². The number of methoxy groups -OCH3 is 1. The Morgan fingerprint density at radius 1 is 1.03 bits per heavy atom. The molecule has 1 aliphatic rings. The van der Waals surface area contributed by atoms with Crippen LogP contribution in [0, 0.1) is 0 Å². The Kier molecular flexibility index (Phi) is 9.40. The lowest BCUT2D eigenvalue weighted by Crippen LogP contribution is -2.30. The highest BCUT2D eigenvalue weighted by atomic mass is 32.2. The molecular weight excluding hydrogens is 520 g/mol. The second kappa shape index (κ2) is 13.1. The number of amides is 2. The summed E-state index contributed by atoms with van der Waals surface area (Å²) in [5, 5.41) is 2.78. The highest BCUT2D eigenvalue weighted by Crippen LogP contribution is 2.35. The first-order valence-electron chi connectivity index (χ1n) is 12.1. The van der Waals surface area contributed by atoms with Gasteiger partial charge in [0.05, 0.1) is 18.6 Å². The fourth-order valence-electron chi connectivity index (χ4n) is 3.77. The number of thioether (sulfide) groups is 1. The smallest absolute Gasteiger partial charge is 0.266 e. The van der Waals surface area contributed by atoms with Gasteiger partial charge in [0.2, 0.25) is 0 Å². The Morgan fingerprint density at radius 2 is 1.84 bits per heavy atom. The number of nitrogens with one attached hydrogen (secondary N) is 1. The zero-order valence-corrected chi connectivity index (χ0v) is 22.8. The average Bonchev–Trinajstić information content (AvgIpc) is 3.19. The number of anilines is 1. The maximum absolute atomic E-state index is 13.0. The van der Waals surface area contributed by atoms with Crippen LogP contribution in [0.3, 0.4) is 0 Å². The molecule has 1 heterocycles. The Morgan fingerprint density at radius 3 is 2.61 bits per heavy atom. The van der Waals surface area contributed by atoms with Crippen LogP contribution in [-0.4, -0.2) is 47.9 Å². The highest BCUT2D eigenvalue weighted by Gasteiger charge is 2.31. The van der Waals surface area contributed by atoms with E-state index in [2.05, 4.69) is 5.32 Å². The summed E-state index contributed by atoms with van der Waals surface area (Å²) in [7, 11) is 1.57. The third-order valence-electron chi connectivity index (χ3n) is 5.62. The molecule has 0 atom stereocenters. The first-order chi connectivity index (χ1) is 18.5. The molecule has 3 aromatic carbocycles. The molecule has 2 amide bonds. The summed E-state index contributed by atoms with van der Waals surface area (Å²) >= 11 is 6.76. The highest BCUT2D eigenvalue weighted by molar-refractivity contribution is 8.26. The van der Waals surface area contributed by atoms with Gasteiger partial charge >= 0.3 is 0 Å². The van der Waals surface area contributed by atoms with Crippen molar-refractivity contribution in [2.24, 2.45) is 0 Å². The average molecular weight is 549 g/mol. The number of nitrogens with zero attached hydrogens (tertiary/aromatic N) is 1. The maximum Gasteiger partial charge on any atom is 0.266 e. The van der Waals surface area contributed by atoms with Gasteiger partial charge in [-0.15, -0.1) is 0 Å². The molecule has 196 valence electrons. The molecule has 0 aromatic heterocycles. The summed E-state index contributed by atoms with van der Waals surface area (Å²) in [5.41, 5.74) is 2.53. The Balaban J connectivity index is 1.40. The van der Waals surface area contributed by atoms with Crippen molar-refractivity contribution in [3.05, 3.63) is 88.8 Å². The predicted octanol–water partition coefficient (Wildman–Crippen LogP) is 5.56. The number of carbonyl (C=O) groups excluding carboxylic acids is 2. The minimum Gasteiger partial charge on any atom is -0.497 e. The van der Waals surface area contributed by atoms with Gasteiger partial charge in [-0.1, -0.05) is 66.4 Å². The summed E-state index contributed by atoms with van der Waals surface area (Å²) in [4.78, 5) is 27.6. The Bertz CT molecular complexity index is 1340. The van der Waals surface area contributed by atoms with E-state index in [4.69, 9.17) is 26.4 Å². The second-order valence-electron chi connectivity index (χ2n) is 8.28. The number of hydrogen-bond acceptors (Lipinski definition) is 7. The number of ether oxygens (including phenoxy) is 3. The van der Waals surface area contributed by atoms with Crippen LogP contribution in [0.2, 0.25) is 0 Å². The Labute approximate surface area is 231 Å². The third-order valence-corrected chi connectivity index (χ3v) is 7.00. The van der Waals surface area contributed by atoms with Gasteiger partial charge in [-0.05, 0) is 54.8 Å². The van der Waals surface area contributed by atoms with Gasteiger partial charge < -0.3 is 19.5 Å². The van der Waals surface area contributed by atoms with Gasteiger partial charge in [-0.2, -0.15) is 0 Å². The molecule has 0 spiro atoms. The van der Waals surface area contributed by atoms with Gasteiger partial charge in [0.25, 0.3) is 11.8 Å². The SMILES string of the molecule is CCOc1cc(/C=C2\SC(=S)N(CCc3ccccc3)C2=O)ccc1OCC(=O)Nc1cccc(OC)c1. The zero-order chi connectivity index (χ0) is 26.9. The van der Waals surface area contributed by atoms with Gasteiger partial charge in [-0.25, -0.2) is 0 Å². The molecule has 0 radical (unpaired) electrons. The minimum atomic E-state index is -0.316. The van der Waals surface area contributed by atoms with E-state index in [1.807, 2.05) is 43.3 Å². The van der Waals surface area contributed by atoms with Crippen molar-refractivity contribution in [3.8, 4) is 17.2 Å². The molecule has 7 nitrogen and oxygen atoms in total. The molecular formula is C29H28N2O5S2.